The van der Waals surface area contributed by atoms with Crippen molar-refractivity contribution in [1.82, 2.24) is 0 Å². The first-order valence-electron chi connectivity index (χ1n) is 20.8. The summed E-state index contributed by atoms with van der Waals surface area (Å²) < 4.78 is 13.2. The van der Waals surface area contributed by atoms with Gasteiger partial charge in [0.25, 0.3) is 0 Å². The summed E-state index contributed by atoms with van der Waals surface area (Å²) in [6.07, 6.45) is 0. The Labute approximate surface area is 351 Å². The summed E-state index contributed by atoms with van der Waals surface area (Å²) in [5, 5.41) is 4.44. The average Bonchev–Trinajstić information content (AvgIpc) is 3.84. The molecule has 0 radical (unpaired) electrons. The number of nitrogens with zero attached hydrogens (tertiary/aromatic N) is 2. The number of benzene rings is 8. The van der Waals surface area contributed by atoms with Crippen LogP contribution >= 0.6 is 0 Å². The van der Waals surface area contributed by atoms with Gasteiger partial charge in [0.15, 0.2) is 11.2 Å². The summed E-state index contributed by atoms with van der Waals surface area (Å²) in [6, 6.07) is 65.0. The van der Waals surface area contributed by atoms with Crippen LogP contribution in [0.2, 0.25) is 0 Å². The largest absolute Gasteiger partial charge is 0.454 e. The standard InChI is InChI=1S/C56H48N2O2/c1-55(2,3)39-25-33-43(34-26-39)57(49-17-11-15-47-45-13-7-9-19-51(45)59-53(47)49)41-29-21-37(22-30-41)38-23-31-42(32-24-38)58(44-35-27-40(28-36-44)56(4,5)6)50-18-12-16-48-46-14-8-10-20-52(46)60-54(48)50/h7-36H,1-6H3. The molecule has 0 amide bonds. The van der Waals surface area contributed by atoms with E-state index in [1.807, 2.05) is 24.3 Å². The molecule has 0 saturated heterocycles. The van der Waals surface area contributed by atoms with Gasteiger partial charge in [-0.3, -0.25) is 0 Å². The number of anilines is 6. The fourth-order valence-electron chi connectivity index (χ4n) is 8.50. The molecule has 10 rings (SSSR count). The van der Waals surface area contributed by atoms with E-state index in [9.17, 15) is 0 Å². The Bertz CT molecular complexity index is 2920. The van der Waals surface area contributed by atoms with E-state index >= 15 is 0 Å². The molecule has 4 heteroatoms. The number of para-hydroxylation sites is 4. The van der Waals surface area contributed by atoms with Crippen molar-refractivity contribution < 1.29 is 8.83 Å². The molecule has 0 atom stereocenters. The molecule has 8 aromatic carbocycles. The Morgan fingerprint density at radius 2 is 0.633 bits per heavy atom. The van der Waals surface area contributed by atoms with Gasteiger partial charge in [-0.15, -0.1) is 0 Å². The van der Waals surface area contributed by atoms with Crippen molar-refractivity contribution in [2.24, 2.45) is 0 Å². The maximum atomic E-state index is 6.58. The highest BCUT2D eigenvalue weighted by molar-refractivity contribution is 6.11. The van der Waals surface area contributed by atoms with Crippen LogP contribution in [0.3, 0.4) is 0 Å². The predicted octanol–water partition coefficient (Wildman–Crippen LogP) is 16.7. The molecule has 0 fully saturated rings. The van der Waals surface area contributed by atoms with Crippen molar-refractivity contribution in [3.63, 3.8) is 0 Å². The second-order valence-electron chi connectivity index (χ2n) is 17.9. The van der Waals surface area contributed by atoms with Crippen LogP contribution in [-0.2, 0) is 10.8 Å². The quantitative estimate of drug-likeness (QED) is 0.161. The SMILES string of the molecule is CC(C)(C)c1ccc(N(c2ccc(-c3ccc(N(c4ccc(C(C)(C)C)cc4)c4cccc5c4oc4ccccc45)cc3)cc2)c2cccc3c2oc2ccccc23)cc1. The van der Waals surface area contributed by atoms with Crippen LogP contribution in [0.15, 0.2) is 191 Å². The molecule has 0 spiro atoms. The molecule has 0 aliphatic rings. The fraction of sp³-hybridized carbons (Fsp3) is 0.143. The van der Waals surface area contributed by atoms with Crippen LogP contribution in [0, 0.1) is 0 Å². The molecule has 10 aromatic rings. The molecule has 294 valence electrons. The molecule has 2 aromatic heterocycles. The maximum absolute atomic E-state index is 6.58. The Morgan fingerprint density at radius 1 is 0.317 bits per heavy atom. The van der Waals surface area contributed by atoms with Gasteiger partial charge in [0.2, 0.25) is 0 Å². The lowest BCUT2D eigenvalue weighted by atomic mass is 9.87. The molecule has 0 N–H and O–H groups in total. The molecule has 0 aliphatic carbocycles. The molecular weight excluding hydrogens is 733 g/mol. The molecular formula is C56H48N2O2. The van der Waals surface area contributed by atoms with E-state index in [2.05, 4.69) is 209 Å². The van der Waals surface area contributed by atoms with Gasteiger partial charge in [0.05, 0.1) is 11.4 Å². The van der Waals surface area contributed by atoms with Crippen LogP contribution in [0.25, 0.3) is 55.0 Å². The Hall–Kier alpha value is -7.04. The predicted molar refractivity (Wildman–Crippen MR) is 253 cm³/mol. The third kappa shape index (κ3) is 6.59. The van der Waals surface area contributed by atoms with Crippen molar-refractivity contribution in [3.05, 3.63) is 193 Å². The van der Waals surface area contributed by atoms with Crippen molar-refractivity contribution in [1.29, 1.82) is 0 Å². The van der Waals surface area contributed by atoms with Crippen LogP contribution in [0.4, 0.5) is 34.1 Å². The first-order valence-corrected chi connectivity index (χ1v) is 20.8. The van der Waals surface area contributed by atoms with E-state index in [1.165, 1.54) is 11.1 Å². The normalized spacial score (nSPS) is 12.2. The van der Waals surface area contributed by atoms with Crippen LogP contribution < -0.4 is 9.80 Å². The molecule has 0 unspecified atom stereocenters. The zero-order valence-electron chi connectivity index (χ0n) is 35.0. The van der Waals surface area contributed by atoms with Gasteiger partial charge in [0, 0.05) is 44.3 Å². The third-order valence-electron chi connectivity index (χ3n) is 11.8. The van der Waals surface area contributed by atoms with E-state index in [-0.39, 0.29) is 10.8 Å². The third-order valence-corrected chi connectivity index (χ3v) is 11.8. The monoisotopic (exact) mass is 780 g/mol. The van der Waals surface area contributed by atoms with E-state index < -0.39 is 0 Å². The maximum Gasteiger partial charge on any atom is 0.159 e. The number of rotatable bonds is 7. The van der Waals surface area contributed by atoms with Crippen LogP contribution in [-0.4, -0.2) is 0 Å². The van der Waals surface area contributed by atoms with Crippen molar-refractivity contribution in [2.45, 2.75) is 52.4 Å². The van der Waals surface area contributed by atoms with Crippen LogP contribution in [0.1, 0.15) is 52.7 Å². The smallest absolute Gasteiger partial charge is 0.159 e. The van der Waals surface area contributed by atoms with Gasteiger partial charge in [0.1, 0.15) is 11.2 Å². The van der Waals surface area contributed by atoms with E-state index in [1.54, 1.807) is 0 Å². The molecule has 0 saturated carbocycles. The summed E-state index contributed by atoms with van der Waals surface area (Å²) in [6.45, 7) is 13.5. The fourth-order valence-corrected chi connectivity index (χ4v) is 8.50. The van der Waals surface area contributed by atoms with E-state index in [0.717, 1.165) is 89.1 Å². The van der Waals surface area contributed by atoms with Gasteiger partial charge < -0.3 is 18.6 Å². The minimum atomic E-state index is 0.0496. The summed E-state index contributed by atoms with van der Waals surface area (Å²) in [4.78, 5) is 4.62. The van der Waals surface area contributed by atoms with Crippen molar-refractivity contribution in [2.75, 3.05) is 9.80 Å². The minimum Gasteiger partial charge on any atom is -0.454 e. The molecule has 2 heterocycles. The number of hydrogen-bond donors (Lipinski definition) is 0. The molecule has 0 bridgehead atoms. The summed E-state index contributed by atoms with van der Waals surface area (Å²) in [5.74, 6) is 0. The van der Waals surface area contributed by atoms with Crippen LogP contribution in [0.5, 0.6) is 0 Å². The number of furan rings is 2. The lowest BCUT2D eigenvalue weighted by Crippen LogP contribution is -2.13. The Kier molecular flexibility index (Phi) is 8.91. The van der Waals surface area contributed by atoms with Crippen molar-refractivity contribution >= 4 is 78.0 Å². The highest BCUT2D eigenvalue weighted by Gasteiger charge is 2.23. The Morgan fingerprint density at radius 3 is 0.983 bits per heavy atom. The topological polar surface area (TPSA) is 32.8 Å². The lowest BCUT2D eigenvalue weighted by molar-refractivity contribution is 0.590. The highest BCUT2D eigenvalue weighted by atomic mass is 16.3. The summed E-state index contributed by atoms with van der Waals surface area (Å²) in [5.41, 5.74) is 14.7. The Balaban J connectivity index is 1.04. The van der Waals surface area contributed by atoms with Gasteiger partial charge in [-0.05, 0) is 106 Å². The van der Waals surface area contributed by atoms with Gasteiger partial charge in [-0.25, -0.2) is 0 Å². The van der Waals surface area contributed by atoms with Gasteiger partial charge in [-0.1, -0.05) is 151 Å². The first-order chi connectivity index (χ1) is 29.0. The minimum absolute atomic E-state index is 0.0496. The summed E-state index contributed by atoms with van der Waals surface area (Å²) in [7, 11) is 0. The van der Waals surface area contributed by atoms with E-state index in [4.69, 9.17) is 8.83 Å². The molecule has 4 nitrogen and oxygen atoms in total. The number of fused-ring (bicyclic) bond motifs is 6. The lowest BCUT2D eigenvalue weighted by Gasteiger charge is -2.27. The second-order valence-corrected chi connectivity index (χ2v) is 17.9. The molecule has 60 heavy (non-hydrogen) atoms. The van der Waals surface area contributed by atoms with Gasteiger partial charge >= 0.3 is 0 Å². The number of hydrogen-bond acceptors (Lipinski definition) is 4. The highest BCUT2D eigenvalue weighted by Crippen LogP contribution is 2.45. The summed E-state index contributed by atoms with van der Waals surface area (Å²) >= 11 is 0. The van der Waals surface area contributed by atoms with Gasteiger partial charge in [-0.2, -0.15) is 0 Å². The average molecular weight is 781 g/mol. The zero-order valence-corrected chi connectivity index (χ0v) is 35.0. The second kappa shape index (κ2) is 14.4. The van der Waals surface area contributed by atoms with E-state index in [0.29, 0.717) is 0 Å². The first kappa shape index (κ1) is 37.2. The molecule has 0 aliphatic heterocycles. The van der Waals surface area contributed by atoms with Crippen molar-refractivity contribution in [3.8, 4) is 11.1 Å². The zero-order chi connectivity index (χ0) is 41.2.